The van der Waals surface area contributed by atoms with Gasteiger partial charge in [0.25, 0.3) is 0 Å². The average Bonchev–Trinajstić information content (AvgIpc) is 2.43. The third-order valence-electron chi connectivity index (χ3n) is 3.91. The Bertz CT molecular complexity index is 342. The fourth-order valence-corrected chi connectivity index (χ4v) is 6.33. The number of unbranched alkanes of at least 4 members (excludes halogenated alkanes) is 1. The van der Waals surface area contributed by atoms with Crippen molar-refractivity contribution in [3.8, 4) is 0 Å². The molecule has 0 aromatic rings. The Balaban J connectivity index is 2.55. The molecule has 0 aromatic carbocycles. The topological polar surface area (TPSA) is 21.3 Å². The summed E-state index contributed by atoms with van der Waals surface area (Å²) in [6.45, 7) is 14.5. The second-order valence-electron chi connectivity index (χ2n) is 5.30. The van der Waals surface area contributed by atoms with Crippen molar-refractivity contribution in [3.05, 3.63) is 20.0 Å². The van der Waals surface area contributed by atoms with Crippen molar-refractivity contribution in [3.63, 3.8) is 0 Å². The van der Waals surface area contributed by atoms with Crippen molar-refractivity contribution in [2.24, 2.45) is 5.41 Å². The van der Waals surface area contributed by atoms with Crippen molar-refractivity contribution < 1.29 is 28.0 Å². The summed E-state index contributed by atoms with van der Waals surface area (Å²) in [5, 5.41) is 0. The van der Waals surface area contributed by atoms with E-state index in [9.17, 15) is 0 Å². The zero-order valence-electron chi connectivity index (χ0n) is 12.0. The van der Waals surface area contributed by atoms with Gasteiger partial charge in [-0.3, -0.25) is 0 Å². The first kappa shape index (κ1) is 15.3. The number of nitrogens with one attached hydrogen (secondary N) is 1. The normalized spacial score (nSPS) is 19.2. The van der Waals surface area contributed by atoms with E-state index in [1.165, 1.54) is 23.1 Å². The summed E-state index contributed by atoms with van der Waals surface area (Å²) in [5.41, 5.74) is 4.81. The summed E-state index contributed by atoms with van der Waals surface area (Å²) in [6.07, 6.45) is 2.34. The van der Waals surface area contributed by atoms with E-state index in [0.717, 1.165) is 13.0 Å². The molecule has 0 saturated heterocycles. The van der Waals surface area contributed by atoms with Crippen LogP contribution in [0.4, 0.5) is 0 Å². The van der Waals surface area contributed by atoms with Gasteiger partial charge in [-0.25, -0.2) is 0 Å². The van der Waals surface area contributed by atoms with Gasteiger partial charge in [-0.15, -0.1) is 0 Å². The van der Waals surface area contributed by atoms with Gasteiger partial charge in [0.15, 0.2) is 0 Å². The van der Waals surface area contributed by atoms with Crippen LogP contribution in [0.1, 0.15) is 54.4 Å². The van der Waals surface area contributed by atoms with Gasteiger partial charge in [-0.2, -0.15) is 0 Å². The van der Waals surface area contributed by atoms with E-state index in [1.807, 2.05) is 0 Å². The predicted octanol–water partition coefficient (Wildman–Crippen LogP) is 3.96. The van der Waals surface area contributed by atoms with Gasteiger partial charge < -0.3 is 0 Å². The standard InChI is InChI=1S/C10H15.C4H10NO.Hf/c1-7-6-10(4,5)9(3)8(7)2;1-2-3-4-6-5;/h1-5H3;5H,2-4H2,1H3;/q;-1;+1. The Morgan fingerprint density at radius 2 is 1.82 bits per heavy atom. The Morgan fingerprint density at radius 3 is 2.29 bits per heavy atom. The Kier molecular flexibility index (Phi) is 5.81. The molecule has 0 spiro atoms. The van der Waals surface area contributed by atoms with Gasteiger partial charge in [-0.05, 0) is 0 Å². The van der Waals surface area contributed by atoms with Crippen LogP contribution in [0, 0.1) is 5.41 Å². The molecule has 3 heteroatoms. The van der Waals surface area contributed by atoms with E-state index in [-0.39, 0.29) is 5.41 Å². The Hall–Kier alpha value is 0.270. The summed E-state index contributed by atoms with van der Waals surface area (Å²) < 4.78 is 4.96. The Morgan fingerprint density at radius 1 is 1.18 bits per heavy atom. The molecule has 0 radical (unpaired) electrons. The van der Waals surface area contributed by atoms with E-state index in [2.05, 4.69) is 45.0 Å². The monoisotopic (exact) mass is 403 g/mol. The summed E-state index contributed by atoms with van der Waals surface area (Å²) in [4.78, 5) is 5.53. The van der Waals surface area contributed by atoms with Crippen LogP contribution in [-0.4, -0.2) is 6.61 Å². The first-order valence-corrected chi connectivity index (χ1v) is 10.0. The van der Waals surface area contributed by atoms with Gasteiger partial charge in [0, 0.05) is 0 Å². The number of rotatable bonds is 6. The van der Waals surface area contributed by atoms with Crippen molar-refractivity contribution in [1.82, 2.24) is 3.47 Å². The molecule has 0 fully saturated rings. The van der Waals surface area contributed by atoms with Crippen LogP contribution >= 0.6 is 0 Å². The zero-order valence-corrected chi connectivity index (χ0v) is 15.6. The fraction of sp³-hybridized carbons (Fsp3) is 0.714. The molecule has 96 valence electrons. The van der Waals surface area contributed by atoms with Crippen LogP contribution in [-0.2, 0) is 28.0 Å². The van der Waals surface area contributed by atoms with Gasteiger partial charge in [0.2, 0.25) is 0 Å². The minimum atomic E-state index is -1.02. The summed E-state index contributed by atoms with van der Waals surface area (Å²) in [6, 6.07) is 0. The molecule has 1 aliphatic carbocycles. The molecule has 17 heavy (non-hydrogen) atoms. The quantitative estimate of drug-likeness (QED) is 0.413. The van der Waals surface area contributed by atoms with E-state index in [0.29, 0.717) is 0 Å². The summed E-state index contributed by atoms with van der Waals surface area (Å²) in [7, 11) is 0. The third-order valence-corrected chi connectivity index (χ3v) is 9.29. The molecular weight excluding hydrogens is 377 g/mol. The molecule has 0 aromatic heterocycles. The molecule has 0 unspecified atom stereocenters. The first-order valence-electron chi connectivity index (χ1n) is 6.45. The van der Waals surface area contributed by atoms with Crippen LogP contribution < -0.4 is 3.47 Å². The fourth-order valence-electron chi connectivity index (χ4n) is 2.20. The maximum absolute atomic E-state index is 5.53. The van der Waals surface area contributed by atoms with Crippen LogP contribution in [0.15, 0.2) is 20.0 Å². The van der Waals surface area contributed by atoms with E-state index < -0.39 is 23.2 Å². The summed E-state index contributed by atoms with van der Waals surface area (Å²) in [5.74, 6) is 0. The van der Waals surface area contributed by atoms with Gasteiger partial charge in [0.1, 0.15) is 0 Å². The van der Waals surface area contributed by atoms with Crippen molar-refractivity contribution in [2.45, 2.75) is 54.4 Å². The molecule has 0 atom stereocenters. The van der Waals surface area contributed by atoms with E-state index >= 15 is 0 Å². The molecule has 2 nitrogen and oxygen atoms in total. The minimum absolute atomic E-state index is 0.262. The van der Waals surface area contributed by atoms with Gasteiger partial charge in [0.05, 0.1) is 0 Å². The molecule has 1 aliphatic rings. The van der Waals surface area contributed by atoms with Crippen LogP contribution in [0.3, 0.4) is 0 Å². The molecular formula is C14H25HfNO. The SMILES string of the molecule is CCCCO[NH][Hf][C]1=C(C)C(C)=C(C)C1(C)C. The second-order valence-corrected chi connectivity index (χ2v) is 8.73. The molecule has 0 amide bonds. The van der Waals surface area contributed by atoms with E-state index in [4.69, 9.17) is 4.84 Å². The third kappa shape index (κ3) is 3.39. The zero-order chi connectivity index (χ0) is 13.1. The molecule has 0 aliphatic heterocycles. The van der Waals surface area contributed by atoms with Crippen molar-refractivity contribution in [1.29, 1.82) is 0 Å². The molecule has 0 bridgehead atoms. The van der Waals surface area contributed by atoms with Crippen LogP contribution in [0.2, 0.25) is 0 Å². The summed E-state index contributed by atoms with van der Waals surface area (Å²) >= 11 is -1.02. The average molecular weight is 402 g/mol. The van der Waals surface area contributed by atoms with Gasteiger partial charge in [-0.1, -0.05) is 0 Å². The number of hydrogen-bond acceptors (Lipinski definition) is 2. The molecule has 0 heterocycles. The maximum atomic E-state index is 5.53. The Labute approximate surface area is 118 Å². The van der Waals surface area contributed by atoms with Crippen LogP contribution in [0.25, 0.3) is 0 Å². The van der Waals surface area contributed by atoms with Crippen molar-refractivity contribution >= 4 is 0 Å². The first-order chi connectivity index (χ1) is 7.92. The van der Waals surface area contributed by atoms with Crippen molar-refractivity contribution in [2.75, 3.05) is 6.61 Å². The number of hydrogen-bond donors (Lipinski definition) is 1. The molecule has 1 rings (SSSR count). The van der Waals surface area contributed by atoms with Crippen LogP contribution in [0.5, 0.6) is 0 Å². The number of allylic oxidation sites excluding steroid dienone is 4. The predicted molar refractivity (Wildman–Crippen MR) is 68.9 cm³/mol. The van der Waals surface area contributed by atoms with Gasteiger partial charge >= 0.3 is 118 Å². The molecule has 1 N–H and O–H groups in total. The van der Waals surface area contributed by atoms with E-state index in [1.54, 1.807) is 3.33 Å². The second kappa shape index (κ2) is 6.44. The molecule has 0 saturated carbocycles.